The molecule has 0 spiro atoms. The molecular weight excluding hydrogens is 202 g/mol. The average Bonchev–Trinajstić information content (AvgIpc) is 2.79. The maximum Gasteiger partial charge on any atom is 0.0662 e. The summed E-state index contributed by atoms with van der Waals surface area (Å²) in [5.74, 6) is 0.696. The Morgan fingerprint density at radius 2 is 2.31 bits per heavy atom. The van der Waals surface area contributed by atoms with Crippen LogP contribution in [0.2, 0.25) is 0 Å². The number of ether oxygens (including phenoxy) is 1. The van der Waals surface area contributed by atoms with E-state index in [9.17, 15) is 0 Å². The van der Waals surface area contributed by atoms with Crippen LogP contribution >= 0.6 is 0 Å². The molecule has 1 fully saturated rings. The third-order valence-corrected chi connectivity index (χ3v) is 3.13. The molecule has 1 aromatic heterocycles. The largest absolute Gasteiger partial charge is 0.380 e. The van der Waals surface area contributed by atoms with Gasteiger partial charge in [0, 0.05) is 12.8 Å². The maximum atomic E-state index is 5.32. The molecule has 90 valence electrons. The van der Waals surface area contributed by atoms with Crippen LogP contribution in [0.5, 0.6) is 0 Å². The summed E-state index contributed by atoms with van der Waals surface area (Å²) in [6.45, 7) is 6.68. The zero-order valence-corrected chi connectivity index (χ0v) is 9.98. The van der Waals surface area contributed by atoms with Gasteiger partial charge in [-0.25, -0.2) is 0 Å². The van der Waals surface area contributed by atoms with E-state index in [1.807, 2.05) is 17.8 Å². The van der Waals surface area contributed by atoms with Crippen LogP contribution in [0, 0.1) is 0 Å². The van der Waals surface area contributed by atoms with Gasteiger partial charge in [0.15, 0.2) is 0 Å². The molecule has 0 aromatic carbocycles. The fourth-order valence-corrected chi connectivity index (χ4v) is 2.17. The van der Waals surface area contributed by atoms with E-state index in [-0.39, 0.29) is 0 Å². The molecule has 2 rings (SSSR count). The van der Waals surface area contributed by atoms with Crippen molar-refractivity contribution in [3.05, 3.63) is 18.0 Å². The second kappa shape index (κ2) is 6.01. The van der Waals surface area contributed by atoms with Crippen LogP contribution in [0.4, 0.5) is 0 Å². The monoisotopic (exact) mass is 223 g/mol. The summed E-state index contributed by atoms with van der Waals surface area (Å²) in [6, 6.07) is 0. The summed E-state index contributed by atoms with van der Waals surface area (Å²) in [7, 11) is 0. The van der Waals surface area contributed by atoms with Gasteiger partial charge in [0.05, 0.1) is 19.3 Å². The Morgan fingerprint density at radius 3 is 3.06 bits per heavy atom. The quantitative estimate of drug-likeness (QED) is 0.767. The fourth-order valence-electron chi connectivity index (χ4n) is 2.17. The molecule has 16 heavy (non-hydrogen) atoms. The molecule has 4 heteroatoms. The van der Waals surface area contributed by atoms with Crippen LogP contribution in [0.15, 0.2) is 12.4 Å². The van der Waals surface area contributed by atoms with Crippen molar-refractivity contribution in [1.82, 2.24) is 15.1 Å². The molecule has 0 amide bonds. The first kappa shape index (κ1) is 11.6. The van der Waals surface area contributed by atoms with E-state index in [0.29, 0.717) is 5.92 Å². The van der Waals surface area contributed by atoms with Gasteiger partial charge in [-0.05, 0) is 44.3 Å². The molecule has 1 N–H and O–H groups in total. The van der Waals surface area contributed by atoms with Crippen molar-refractivity contribution in [3.8, 4) is 0 Å². The van der Waals surface area contributed by atoms with Crippen molar-refractivity contribution >= 4 is 0 Å². The Kier molecular flexibility index (Phi) is 4.36. The smallest absolute Gasteiger partial charge is 0.0662 e. The number of rotatable bonds is 5. The predicted octanol–water partition coefficient (Wildman–Crippen LogP) is 1.39. The molecule has 4 nitrogen and oxygen atoms in total. The van der Waals surface area contributed by atoms with E-state index in [0.717, 1.165) is 32.8 Å². The molecule has 1 aliphatic rings. The van der Waals surface area contributed by atoms with Gasteiger partial charge in [-0.15, -0.1) is 0 Å². The van der Waals surface area contributed by atoms with E-state index in [4.69, 9.17) is 4.74 Å². The molecular formula is C12H21N3O. The standard InChI is InChI=1S/C12H21N3O/c1-2-16-8-7-15-10-12(9-14-15)11-3-5-13-6-4-11/h9-11,13H,2-8H2,1H3. The summed E-state index contributed by atoms with van der Waals surface area (Å²) in [4.78, 5) is 0. The van der Waals surface area contributed by atoms with E-state index in [1.54, 1.807) is 0 Å². The van der Waals surface area contributed by atoms with Crippen molar-refractivity contribution in [2.24, 2.45) is 0 Å². The minimum absolute atomic E-state index is 0.696. The second-order valence-electron chi connectivity index (χ2n) is 4.26. The van der Waals surface area contributed by atoms with Crippen molar-refractivity contribution in [2.75, 3.05) is 26.3 Å². The number of nitrogens with zero attached hydrogens (tertiary/aromatic N) is 2. The van der Waals surface area contributed by atoms with E-state index in [2.05, 4.69) is 16.6 Å². The van der Waals surface area contributed by atoms with Crippen LogP contribution in [0.1, 0.15) is 31.2 Å². The Labute approximate surface area is 97.0 Å². The van der Waals surface area contributed by atoms with Gasteiger partial charge >= 0.3 is 0 Å². The van der Waals surface area contributed by atoms with Gasteiger partial charge in [-0.1, -0.05) is 0 Å². The minimum atomic E-state index is 0.696. The van der Waals surface area contributed by atoms with Gasteiger partial charge < -0.3 is 10.1 Å². The minimum Gasteiger partial charge on any atom is -0.380 e. The molecule has 0 bridgehead atoms. The first-order valence-corrected chi connectivity index (χ1v) is 6.21. The lowest BCUT2D eigenvalue weighted by Gasteiger charge is -2.21. The fraction of sp³-hybridized carbons (Fsp3) is 0.750. The Hall–Kier alpha value is -0.870. The highest BCUT2D eigenvalue weighted by Gasteiger charge is 2.16. The summed E-state index contributed by atoms with van der Waals surface area (Å²) in [6.07, 6.45) is 6.66. The molecule has 1 saturated heterocycles. The van der Waals surface area contributed by atoms with Crippen molar-refractivity contribution in [1.29, 1.82) is 0 Å². The molecule has 0 atom stereocenters. The van der Waals surface area contributed by atoms with Crippen LogP contribution in [-0.4, -0.2) is 36.1 Å². The van der Waals surface area contributed by atoms with Gasteiger partial charge in [-0.3, -0.25) is 4.68 Å². The maximum absolute atomic E-state index is 5.32. The van der Waals surface area contributed by atoms with Crippen molar-refractivity contribution in [2.45, 2.75) is 32.2 Å². The number of piperidine rings is 1. The highest BCUT2D eigenvalue weighted by molar-refractivity contribution is 5.12. The van der Waals surface area contributed by atoms with Crippen LogP contribution in [0.3, 0.4) is 0 Å². The number of nitrogens with one attached hydrogen (secondary N) is 1. The summed E-state index contributed by atoms with van der Waals surface area (Å²) < 4.78 is 7.31. The van der Waals surface area contributed by atoms with Crippen molar-refractivity contribution in [3.63, 3.8) is 0 Å². The zero-order valence-electron chi connectivity index (χ0n) is 9.98. The lowest BCUT2D eigenvalue weighted by Crippen LogP contribution is -2.26. The third kappa shape index (κ3) is 3.06. The lowest BCUT2D eigenvalue weighted by atomic mass is 9.93. The van der Waals surface area contributed by atoms with Crippen LogP contribution in [0.25, 0.3) is 0 Å². The average molecular weight is 223 g/mol. The molecule has 0 radical (unpaired) electrons. The molecule has 1 aliphatic heterocycles. The summed E-state index contributed by atoms with van der Waals surface area (Å²) in [5, 5.41) is 7.77. The Balaban J connectivity index is 1.85. The second-order valence-corrected chi connectivity index (χ2v) is 4.26. The van der Waals surface area contributed by atoms with Crippen molar-refractivity contribution < 1.29 is 4.74 Å². The zero-order chi connectivity index (χ0) is 11.2. The topological polar surface area (TPSA) is 39.1 Å². The first-order chi connectivity index (χ1) is 7.90. The summed E-state index contributed by atoms with van der Waals surface area (Å²) >= 11 is 0. The summed E-state index contributed by atoms with van der Waals surface area (Å²) in [5.41, 5.74) is 1.39. The number of aromatic nitrogens is 2. The van der Waals surface area contributed by atoms with Gasteiger partial charge in [0.2, 0.25) is 0 Å². The normalized spacial score (nSPS) is 17.8. The molecule has 2 heterocycles. The van der Waals surface area contributed by atoms with E-state index < -0.39 is 0 Å². The SMILES string of the molecule is CCOCCn1cc(C2CCNCC2)cn1. The molecule has 0 aliphatic carbocycles. The number of hydrogen-bond donors (Lipinski definition) is 1. The van der Waals surface area contributed by atoms with Gasteiger partial charge in [0.25, 0.3) is 0 Å². The molecule has 0 saturated carbocycles. The highest BCUT2D eigenvalue weighted by Crippen LogP contribution is 2.24. The highest BCUT2D eigenvalue weighted by atomic mass is 16.5. The van der Waals surface area contributed by atoms with Gasteiger partial charge in [0.1, 0.15) is 0 Å². The Morgan fingerprint density at radius 1 is 1.50 bits per heavy atom. The van der Waals surface area contributed by atoms with E-state index >= 15 is 0 Å². The van der Waals surface area contributed by atoms with Crippen LogP contribution < -0.4 is 5.32 Å². The third-order valence-electron chi connectivity index (χ3n) is 3.13. The lowest BCUT2D eigenvalue weighted by molar-refractivity contribution is 0.136. The molecule has 1 aromatic rings. The molecule has 0 unspecified atom stereocenters. The van der Waals surface area contributed by atoms with E-state index in [1.165, 1.54) is 18.4 Å². The van der Waals surface area contributed by atoms with Crippen LogP contribution in [-0.2, 0) is 11.3 Å². The Bertz CT molecular complexity index is 305. The first-order valence-electron chi connectivity index (χ1n) is 6.21. The predicted molar refractivity (Wildman–Crippen MR) is 63.6 cm³/mol. The van der Waals surface area contributed by atoms with Gasteiger partial charge in [-0.2, -0.15) is 5.10 Å². The number of hydrogen-bond acceptors (Lipinski definition) is 3.